The first-order valence-electron chi connectivity index (χ1n) is 6.37. The zero-order chi connectivity index (χ0) is 10.9. The second-order valence-corrected chi connectivity index (χ2v) is 5.78. The molecule has 0 radical (unpaired) electrons. The number of hydrogen-bond donors (Lipinski definition) is 0. The number of hydrogen-bond acceptors (Lipinski definition) is 2. The van der Waals surface area contributed by atoms with Crippen LogP contribution < -0.4 is 0 Å². The lowest BCUT2D eigenvalue weighted by atomic mass is 9.86. The molecule has 2 aliphatic rings. The van der Waals surface area contributed by atoms with Crippen molar-refractivity contribution in [3.05, 3.63) is 0 Å². The predicted octanol–water partition coefficient (Wildman–Crippen LogP) is 2.48. The summed E-state index contributed by atoms with van der Waals surface area (Å²) in [5, 5.41) is 0. The normalized spacial score (nSPS) is 34.3. The fourth-order valence-electron chi connectivity index (χ4n) is 3.43. The van der Waals surface area contributed by atoms with Gasteiger partial charge in [0, 0.05) is 24.5 Å². The molecular formula is C13H23NO. The molecule has 86 valence electrons. The smallest absolute Gasteiger partial charge is 0.127 e. The maximum Gasteiger partial charge on any atom is 0.127 e. The summed E-state index contributed by atoms with van der Waals surface area (Å²) >= 11 is 0. The van der Waals surface area contributed by atoms with E-state index >= 15 is 0 Å². The predicted molar refractivity (Wildman–Crippen MR) is 61.8 cm³/mol. The molecule has 15 heavy (non-hydrogen) atoms. The maximum absolute atomic E-state index is 11.2. The van der Waals surface area contributed by atoms with Crippen LogP contribution in [-0.4, -0.2) is 30.3 Å². The van der Waals surface area contributed by atoms with Crippen molar-refractivity contribution in [3.8, 4) is 0 Å². The summed E-state index contributed by atoms with van der Waals surface area (Å²) in [4.78, 5) is 13.8. The van der Waals surface area contributed by atoms with Crippen LogP contribution in [0.3, 0.4) is 0 Å². The minimum Gasteiger partial charge on any atom is -0.303 e. The zero-order valence-corrected chi connectivity index (χ0v) is 10.0. The van der Waals surface area contributed by atoms with E-state index in [0.29, 0.717) is 0 Å². The van der Waals surface area contributed by atoms with Crippen LogP contribution >= 0.6 is 0 Å². The van der Waals surface area contributed by atoms with Crippen molar-refractivity contribution in [2.75, 3.05) is 13.1 Å². The highest BCUT2D eigenvalue weighted by atomic mass is 16.1. The van der Waals surface area contributed by atoms with Gasteiger partial charge < -0.3 is 4.79 Å². The molecule has 1 saturated heterocycles. The Morgan fingerprint density at radius 3 is 2.73 bits per heavy atom. The highest BCUT2D eigenvalue weighted by Crippen LogP contribution is 2.39. The average Bonchev–Trinajstić information content (AvgIpc) is 2.79. The van der Waals surface area contributed by atoms with Gasteiger partial charge in [0.05, 0.1) is 0 Å². The largest absolute Gasteiger partial charge is 0.303 e. The number of carbonyl (C=O) groups excluding carboxylic acids is 1. The molecule has 0 spiro atoms. The number of rotatable bonds is 5. The van der Waals surface area contributed by atoms with Crippen molar-refractivity contribution in [3.63, 3.8) is 0 Å². The van der Waals surface area contributed by atoms with Crippen LogP contribution in [0.15, 0.2) is 0 Å². The second kappa shape index (κ2) is 4.25. The van der Waals surface area contributed by atoms with Crippen LogP contribution in [0, 0.1) is 11.3 Å². The molecule has 1 heterocycles. The van der Waals surface area contributed by atoms with Crippen molar-refractivity contribution in [1.82, 2.24) is 4.90 Å². The molecule has 0 amide bonds. The van der Waals surface area contributed by atoms with E-state index in [-0.39, 0.29) is 5.41 Å². The Morgan fingerprint density at radius 1 is 1.47 bits per heavy atom. The number of fused-ring (bicyclic) bond motifs is 2. The molecule has 0 N–H and O–H groups in total. The SMILES string of the molecule is CCCC(C)(C=O)CN1CC2CCC1C2. The van der Waals surface area contributed by atoms with Crippen molar-refractivity contribution in [1.29, 1.82) is 0 Å². The Kier molecular flexibility index (Phi) is 3.15. The number of aldehydes is 1. The fourth-order valence-corrected chi connectivity index (χ4v) is 3.43. The topological polar surface area (TPSA) is 20.3 Å². The molecule has 0 aromatic heterocycles. The Balaban J connectivity index is 1.92. The van der Waals surface area contributed by atoms with E-state index in [1.165, 1.54) is 32.1 Å². The summed E-state index contributed by atoms with van der Waals surface area (Å²) in [6, 6.07) is 0.797. The van der Waals surface area contributed by atoms with Crippen LogP contribution in [0.2, 0.25) is 0 Å². The van der Waals surface area contributed by atoms with Gasteiger partial charge in [0.2, 0.25) is 0 Å². The maximum atomic E-state index is 11.2. The molecule has 2 nitrogen and oxygen atoms in total. The Labute approximate surface area is 93.0 Å². The molecule has 2 rings (SSSR count). The monoisotopic (exact) mass is 209 g/mol. The van der Waals surface area contributed by atoms with Gasteiger partial charge in [-0.1, -0.05) is 20.3 Å². The summed E-state index contributed by atoms with van der Waals surface area (Å²) in [6.45, 7) is 6.52. The van der Waals surface area contributed by atoms with E-state index in [1.54, 1.807) is 0 Å². The van der Waals surface area contributed by atoms with Crippen LogP contribution in [0.1, 0.15) is 46.0 Å². The standard InChI is InChI=1S/C13H23NO/c1-3-6-13(2,10-15)9-14-8-11-4-5-12(14)7-11/h10-12H,3-9H2,1-2H3. The van der Waals surface area contributed by atoms with Crippen molar-refractivity contribution < 1.29 is 4.79 Å². The van der Waals surface area contributed by atoms with Crippen LogP contribution in [0.5, 0.6) is 0 Å². The van der Waals surface area contributed by atoms with Crippen molar-refractivity contribution in [2.45, 2.75) is 52.0 Å². The minimum atomic E-state index is -0.0980. The first-order chi connectivity index (χ1) is 7.17. The molecule has 1 aliphatic carbocycles. The molecular weight excluding hydrogens is 186 g/mol. The summed E-state index contributed by atoms with van der Waals surface area (Å²) in [6.07, 6.45) is 7.50. The fraction of sp³-hybridized carbons (Fsp3) is 0.923. The average molecular weight is 209 g/mol. The van der Waals surface area contributed by atoms with Crippen molar-refractivity contribution >= 4 is 6.29 Å². The first kappa shape index (κ1) is 11.1. The highest BCUT2D eigenvalue weighted by molar-refractivity contribution is 5.59. The Hall–Kier alpha value is -0.370. The van der Waals surface area contributed by atoms with Gasteiger partial charge in [-0.25, -0.2) is 0 Å². The van der Waals surface area contributed by atoms with Crippen LogP contribution in [-0.2, 0) is 4.79 Å². The number of carbonyl (C=O) groups is 1. The molecule has 0 aromatic rings. The van der Waals surface area contributed by atoms with Gasteiger partial charge >= 0.3 is 0 Å². The summed E-state index contributed by atoms with van der Waals surface area (Å²) < 4.78 is 0. The van der Waals surface area contributed by atoms with Crippen molar-refractivity contribution in [2.24, 2.45) is 11.3 Å². The summed E-state index contributed by atoms with van der Waals surface area (Å²) in [5.74, 6) is 0.938. The van der Waals surface area contributed by atoms with Crippen LogP contribution in [0.25, 0.3) is 0 Å². The zero-order valence-electron chi connectivity index (χ0n) is 10.0. The first-order valence-corrected chi connectivity index (χ1v) is 6.37. The van der Waals surface area contributed by atoms with Gasteiger partial charge in [0.1, 0.15) is 6.29 Å². The van der Waals surface area contributed by atoms with E-state index in [2.05, 4.69) is 18.7 Å². The Bertz CT molecular complexity index is 241. The number of nitrogens with zero attached hydrogens (tertiary/aromatic N) is 1. The Morgan fingerprint density at radius 2 is 2.27 bits per heavy atom. The van der Waals surface area contributed by atoms with E-state index < -0.39 is 0 Å². The van der Waals surface area contributed by atoms with Gasteiger partial charge in [-0.05, 0) is 31.6 Å². The molecule has 0 aromatic carbocycles. The van der Waals surface area contributed by atoms with E-state index in [1.807, 2.05) is 0 Å². The lowest BCUT2D eigenvalue weighted by molar-refractivity contribution is -0.117. The third-order valence-corrected chi connectivity index (χ3v) is 4.19. The molecule has 3 atom stereocenters. The quantitative estimate of drug-likeness (QED) is 0.648. The third-order valence-electron chi connectivity index (χ3n) is 4.19. The van der Waals surface area contributed by atoms with E-state index in [4.69, 9.17) is 0 Å². The second-order valence-electron chi connectivity index (χ2n) is 5.78. The van der Waals surface area contributed by atoms with Gasteiger partial charge in [-0.3, -0.25) is 4.90 Å². The van der Waals surface area contributed by atoms with E-state index in [0.717, 1.165) is 31.3 Å². The number of piperidine rings is 1. The number of likely N-dealkylation sites (tertiary alicyclic amines) is 1. The lowest BCUT2D eigenvalue weighted by Gasteiger charge is -2.34. The van der Waals surface area contributed by atoms with Gasteiger partial charge in [0.15, 0.2) is 0 Å². The van der Waals surface area contributed by atoms with Gasteiger partial charge in [0.25, 0.3) is 0 Å². The molecule has 3 unspecified atom stereocenters. The van der Waals surface area contributed by atoms with Crippen LogP contribution in [0.4, 0.5) is 0 Å². The molecule has 1 saturated carbocycles. The minimum absolute atomic E-state index is 0.0980. The molecule has 1 aliphatic heterocycles. The third kappa shape index (κ3) is 2.25. The molecule has 2 fully saturated rings. The van der Waals surface area contributed by atoms with Gasteiger partial charge in [-0.15, -0.1) is 0 Å². The summed E-state index contributed by atoms with van der Waals surface area (Å²) in [5.41, 5.74) is -0.0980. The van der Waals surface area contributed by atoms with Gasteiger partial charge in [-0.2, -0.15) is 0 Å². The lowest BCUT2D eigenvalue weighted by Crippen LogP contribution is -2.41. The highest BCUT2D eigenvalue weighted by Gasteiger charge is 2.40. The summed E-state index contributed by atoms with van der Waals surface area (Å²) in [7, 11) is 0. The molecule has 2 heteroatoms. The van der Waals surface area contributed by atoms with E-state index in [9.17, 15) is 4.79 Å². The molecule has 2 bridgehead atoms.